The molecule has 0 radical (unpaired) electrons. The molecule has 30 heavy (non-hydrogen) atoms. The minimum atomic E-state index is -0.852. The number of carbonyl (C=O) groups is 2. The Labute approximate surface area is 176 Å². The SMILES string of the molecule is O=C1C(C23CC(O)(C2)C3)N(Cc2ccc(F)cc2)C(=O)CN1c1ncc(Cl)cc1F. The number of nitrogens with zero attached hydrogens (tertiary/aromatic N) is 3. The molecule has 2 amide bonds. The van der Waals surface area contributed by atoms with Crippen molar-refractivity contribution in [1.29, 1.82) is 0 Å². The highest BCUT2D eigenvalue weighted by Crippen LogP contribution is 2.70. The summed E-state index contributed by atoms with van der Waals surface area (Å²) in [5, 5.41) is 10.3. The molecule has 3 saturated carbocycles. The summed E-state index contributed by atoms with van der Waals surface area (Å²) < 4.78 is 27.7. The van der Waals surface area contributed by atoms with Gasteiger partial charge < -0.3 is 10.0 Å². The largest absolute Gasteiger partial charge is 0.390 e. The predicted molar refractivity (Wildman–Crippen MR) is 104 cm³/mol. The molecule has 2 aromatic rings. The number of piperazine rings is 1. The van der Waals surface area contributed by atoms with Crippen LogP contribution in [0.4, 0.5) is 14.6 Å². The van der Waals surface area contributed by atoms with Gasteiger partial charge >= 0.3 is 0 Å². The summed E-state index contributed by atoms with van der Waals surface area (Å²) in [6.07, 6.45) is 2.46. The van der Waals surface area contributed by atoms with Gasteiger partial charge in [0.05, 0.1) is 10.6 Å². The fourth-order valence-corrected chi connectivity index (χ4v) is 5.32. The number of aliphatic hydroxyl groups is 1. The van der Waals surface area contributed by atoms with E-state index in [4.69, 9.17) is 11.6 Å². The molecule has 1 aromatic carbocycles. The Morgan fingerprint density at radius 1 is 1.17 bits per heavy atom. The fourth-order valence-electron chi connectivity index (χ4n) is 5.17. The zero-order valence-electron chi connectivity index (χ0n) is 15.8. The minimum absolute atomic E-state index is 0.0863. The first-order chi connectivity index (χ1) is 14.2. The number of amides is 2. The molecule has 1 N–H and O–H groups in total. The van der Waals surface area contributed by atoms with E-state index in [1.54, 1.807) is 12.1 Å². The van der Waals surface area contributed by atoms with Crippen LogP contribution in [0.15, 0.2) is 36.5 Å². The van der Waals surface area contributed by atoms with Gasteiger partial charge in [-0.25, -0.2) is 13.8 Å². The molecule has 156 valence electrons. The highest BCUT2D eigenvalue weighted by molar-refractivity contribution is 6.30. The van der Waals surface area contributed by atoms with Crippen LogP contribution in [0, 0.1) is 17.0 Å². The van der Waals surface area contributed by atoms with Crippen LogP contribution in [0.5, 0.6) is 0 Å². The van der Waals surface area contributed by atoms with Crippen LogP contribution < -0.4 is 4.90 Å². The highest BCUT2D eigenvalue weighted by atomic mass is 35.5. The van der Waals surface area contributed by atoms with E-state index in [9.17, 15) is 23.5 Å². The van der Waals surface area contributed by atoms with Gasteiger partial charge in [0.15, 0.2) is 11.6 Å². The number of benzene rings is 1. The van der Waals surface area contributed by atoms with Gasteiger partial charge in [-0.3, -0.25) is 14.5 Å². The molecule has 1 saturated heterocycles. The molecule has 4 fully saturated rings. The Bertz CT molecular complexity index is 1040. The number of pyridine rings is 1. The maximum Gasteiger partial charge on any atom is 0.252 e. The zero-order valence-corrected chi connectivity index (χ0v) is 16.6. The third-order valence-corrected chi connectivity index (χ3v) is 6.57. The summed E-state index contributed by atoms with van der Waals surface area (Å²) in [6, 6.07) is 5.91. The van der Waals surface area contributed by atoms with Gasteiger partial charge in [0, 0.05) is 18.2 Å². The van der Waals surface area contributed by atoms with E-state index >= 15 is 0 Å². The Morgan fingerprint density at radius 3 is 2.43 bits per heavy atom. The van der Waals surface area contributed by atoms with Crippen LogP contribution >= 0.6 is 11.6 Å². The predicted octanol–water partition coefficient (Wildman–Crippen LogP) is 2.67. The molecule has 6 rings (SSSR count). The van der Waals surface area contributed by atoms with Gasteiger partial charge in [-0.15, -0.1) is 0 Å². The smallest absolute Gasteiger partial charge is 0.252 e. The third-order valence-electron chi connectivity index (χ3n) is 6.36. The topological polar surface area (TPSA) is 73.7 Å². The molecular formula is C21H18ClF2N3O3. The van der Waals surface area contributed by atoms with E-state index in [1.165, 1.54) is 23.2 Å². The second-order valence-electron chi connectivity index (χ2n) is 8.55. The Hall–Kier alpha value is -2.58. The van der Waals surface area contributed by atoms with Crippen molar-refractivity contribution >= 4 is 29.2 Å². The van der Waals surface area contributed by atoms with Crippen molar-refractivity contribution in [1.82, 2.24) is 9.88 Å². The van der Waals surface area contributed by atoms with E-state index in [0.717, 1.165) is 11.0 Å². The molecule has 6 nitrogen and oxygen atoms in total. The number of hydrogen-bond donors (Lipinski definition) is 1. The highest BCUT2D eigenvalue weighted by Gasteiger charge is 2.73. The zero-order chi connectivity index (χ0) is 21.3. The maximum absolute atomic E-state index is 14.5. The summed E-state index contributed by atoms with van der Waals surface area (Å²) in [6.45, 7) is -0.234. The first-order valence-electron chi connectivity index (χ1n) is 9.59. The molecule has 9 heteroatoms. The van der Waals surface area contributed by atoms with Crippen molar-refractivity contribution in [2.75, 3.05) is 11.4 Å². The normalized spacial score (nSPS) is 30.2. The molecule has 1 aromatic heterocycles. The maximum atomic E-state index is 14.5. The van der Waals surface area contributed by atoms with E-state index in [1.807, 2.05) is 0 Å². The van der Waals surface area contributed by atoms with Gasteiger partial charge in [0.2, 0.25) is 5.91 Å². The Kier molecular flexibility index (Phi) is 4.17. The monoisotopic (exact) mass is 433 g/mol. The van der Waals surface area contributed by atoms with Crippen molar-refractivity contribution < 1.29 is 23.5 Å². The second-order valence-corrected chi connectivity index (χ2v) is 8.99. The number of anilines is 1. The quantitative estimate of drug-likeness (QED) is 0.804. The molecule has 1 atom stereocenters. The van der Waals surface area contributed by atoms with Gasteiger partial charge in [0.1, 0.15) is 18.4 Å². The van der Waals surface area contributed by atoms with Crippen LogP contribution in [0.2, 0.25) is 5.02 Å². The lowest BCUT2D eigenvalue weighted by molar-refractivity contribution is -0.280. The first-order valence-corrected chi connectivity index (χ1v) is 9.96. The van der Waals surface area contributed by atoms with Crippen LogP contribution in [0.25, 0.3) is 0 Å². The summed E-state index contributed by atoms with van der Waals surface area (Å²) in [7, 11) is 0. The summed E-state index contributed by atoms with van der Waals surface area (Å²) in [5.41, 5.74) is -0.642. The van der Waals surface area contributed by atoms with Crippen LogP contribution in [-0.2, 0) is 16.1 Å². The van der Waals surface area contributed by atoms with E-state index in [2.05, 4.69) is 4.98 Å². The number of carbonyl (C=O) groups excluding carboxylic acids is 2. The number of halogens is 3. The summed E-state index contributed by atoms with van der Waals surface area (Å²) >= 11 is 5.76. The third kappa shape index (κ3) is 2.89. The molecule has 3 aliphatic carbocycles. The lowest BCUT2D eigenvalue weighted by Crippen LogP contribution is -2.78. The fraction of sp³-hybridized carbons (Fsp3) is 0.381. The van der Waals surface area contributed by atoms with Gasteiger partial charge in [-0.1, -0.05) is 23.7 Å². The van der Waals surface area contributed by atoms with Gasteiger partial charge in [-0.05, 0) is 43.0 Å². The molecule has 2 bridgehead atoms. The molecule has 1 unspecified atom stereocenters. The summed E-state index contributed by atoms with van der Waals surface area (Å²) in [4.78, 5) is 33.0. The standard InChI is InChI=1S/C21H18ClF2N3O3/c22-13-5-15(24)18(25-6-13)27-8-16(28)26(7-12-1-3-14(23)4-2-12)17(19(27)29)20-9-21(30,10-20)11-20/h1-6,17,30H,7-11H2. The molecule has 0 spiro atoms. The molecule has 1 aliphatic heterocycles. The number of rotatable bonds is 4. The lowest BCUT2D eigenvalue weighted by atomic mass is 9.38. The average molecular weight is 434 g/mol. The van der Waals surface area contributed by atoms with Gasteiger partial charge in [0.25, 0.3) is 5.91 Å². The number of aromatic nitrogens is 1. The van der Waals surface area contributed by atoms with Crippen molar-refractivity contribution in [3.63, 3.8) is 0 Å². The lowest BCUT2D eigenvalue weighted by Gasteiger charge is -2.71. The molecule has 2 heterocycles. The first kappa shape index (κ1) is 19.4. The molecular weight excluding hydrogens is 416 g/mol. The summed E-state index contributed by atoms with van der Waals surface area (Å²) in [5.74, 6) is -2.22. The van der Waals surface area contributed by atoms with Crippen LogP contribution in [0.1, 0.15) is 24.8 Å². The van der Waals surface area contributed by atoms with Crippen molar-refractivity contribution in [3.05, 3.63) is 58.7 Å². The van der Waals surface area contributed by atoms with E-state index in [-0.39, 0.29) is 29.8 Å². The van der Waals surface area contributed by atoms with E-state index < -0.39 is 34.6 Å². The second kappa shape index (κ2) is 6.46. The Morgan fingerprint density at radius 2 is 1.83 bits per heavy atom. The van der Waals surface area contributed by atoms with Crippen molar-refractivity contribution in [3.8, 4) is 0 Å². The van der Waals surface area contributed by atoms with Crippen molar-refractivity contribution in [2.45, 2.75) is 37.5 Å². The Balaban J connectivity index is 1.50. The number of hydrogen-bond acceptors (Lipinski definition) is 4. The average Bonchev–Trinajstić information content (AvgIpc) is 2.64. The van der Waals surface area contributed by atoms with Crippen LogP contribution in [-0.4, -0.2) is 45.0 Å². The minimum Gasteiger partial charge on any atom is -0.390 e. The molecule has 4 aliphatic rings. The van der Waals surface area contributed by atoms with Crippen LogP contribution in [0.3, 0.4) is 0 Å². The van der Waals surface area contributed by atoms with Gasteiger partial charge in [-0.2, -0.15) is 0 Å². The van der Waals surface area contributed by atoms with E-state index in [0.29, 0.717) is 24.8 Å². The van der Waals surface area contributed by atoms with Crippen molar-refractivity contribution in [2.24, 2.45) is 5.41 Å².